The van der Waals surface area contributed by atoms with Crippen molar-refractivity contribution in [1.29, 1.82) is 0 Å². The van der Waals surface area contributed by atoms with Crippen molar-refractivity contribution < 1.29 is 23.8 Å². The highest BCUT2D eigenvalue weighted by atomic mass is 16.5. The van der Waals surface area contributed by atoms with E-state index >= 15 is 0 Å². The molecule has 1 aromatic carbocycles. The van der Waals surface area contributed by atoms with Gasteiger partial charge in [-0.3, -0.25) is 9.59 Å². The molecule has 4 rings (SSSR count). The summed E-state index contributed by atoms with van der Waals surface area (Å²) in [5, 5.41) is 0. The molecule has 0 N–H and O–H groups in total. The molecule has 2 aliphatic heterocycles. The normalized spacial score (nSPS) is 17.1. The van der Waals surface area contributed by atoms with E-state index in [2.05, 4.69) is 9.97 Å². The minimum absolute atomic E-state index is 0.0451. The molecule has 2 fully saturated rings. The highest BCUT2D eigenvalue weighted by molar-refractivity contribution is 5.92. The standard InChI is InChI=1S/C26H32N4O5/c1-33-21-6-4-5-19(15-21)16-23(32)29-12-9-26(10-13-29)11-14-30(18-26)22(31)8-7-20-17-27-25(35-3)28-24(20)34-2/h4-8,15,17H,9-14,16,18H2,1-3H3/b8-7+. The number of ether oxygens (including phenoxy) is 3. The Bertz CT molecular complexity index is 1090. The fourth-order valence-electron chi connectivity index (χ4n) is 4.83. The summed E-state index contributed by atoms with van der Waals surface area (Å²) < 4.78 is 15.5. The molecule has 9 heteroatoms. The Hall–Kier alpha value is -3.62. The van der Waals surface area contributed by atoms with E-state index in [1.54, 1.807) is 25.5 Å². The fourth-order valence-corrected chi connectivity index (χ4v) is 4.83. The van der Waals surface area contributed by atoms with Crippen LogP contribution >= 0.6 is 0 Å². The quantitative estimate of drug-likeness (QED) is 0.562. The monoisotopic (exact) mass is 480 g/mol. The minimum atomic E-state index is -0.0451. The average molecular weight is 481 g/mol. The van der Waals surface area contributed by atoms with Crippen molar-refractivity contribution in [1.82, 2.24) is 19.8 Å². The van der Waals surface area contributed by atoms with E-state index < -0.39 is 0 Å². The maximum absolute atomic E-state index is 12.9. The minimum Gasteiger partial charge on any atom is -0.497 e. The maximum atomic E-state index is 12.9. The van der Waals surface area contributed by atoms with Crippen LogP contribution in [0.4, 0.5) is 0 Å². The van der Waals surface area contributed by atoms with Crippen LogP contribution in [-0.4, -0.2) is 79.1 Å². The summed E-state index contributed by atoms with van der Waals surface area (Å²) in [6.07, 6.45) is 7.93. The zero-order valence-corrected chi connectivity index (χ0v) is 20.5. The maximum Gasteiger partial charge on any atom is 0.319 e. The number of amides is 2. The van der Waals surface area contributed by atoms with Crippen LogP contribution in [0, 0.1) is 5.41 Å². The van der Waals surface area contributed by atoms with Gasteiger partial charge in [-0.05, 0) is 48.4 Å². The number of methoxy groups -OCH3 is 3. The van der Waals surface area contributed by atoms with Crippen LogP contribution in [0.3, 0.4) is 0 Å². The van der Waals surface area contributed by atoms with Crippen molar-refractivity contribution in [3.63, 3.8) is 0 Å². The van der Waals surface area contributed by atoms with Crippen LogP contribution in [0.15, 0.2) is 36.5 Å². The molecular weight excluding hydrogens is 448 g/mol. The smallest absolute Gasteiger partial charge is 0.319 e. The molecule has 0 unspecified atom stereocenters. The zero-order chi connectivity index (χ0) is 24.8. The summed E-state index contributed by atoms with van der Waals surface area (Å²) in [7, 11) is 4.62. The predicted octanol–water partition coefficient (Wildman–Crippen LogP) is 2.60. The van der Waals surface area contributed by atoms with Crippen LogP contribution in [0.1, 0.15) is 30.4 Å². The molecule has 0 saturated carbocycles. The molecule has 1 spiro atoms. The lowest BCUT2D eigenvalue weighted by Gasteiger charge is -2.39. The molecule has 2 aliphatic rings. The summed E-state index contributed by atoms with van der Waals surface area (Å²) in [6, 6.07) is 7.85. The highest BCUT2D eigenvalue weighted by Gasteiger charge is 2.42. The largest absolute Gasteiger partial charge is 0.497 e. The van der Waals surface area contributed by atoms with Crippen molar-refractivity contribution in [3.05, 3.63) is 47.7 Å². The van der Waals surface area contributed by atoms with Gasteiger partial charge in [-0.25, -0.2) is 4.98 Å². The lowest BCUT2D eigenvalue weighted by atomic mass is 9.77. The molecular formula is C26H32N4O5. The molecule has 0 bridgehead atoms. The molecule has 3 heterocycles. The van der Waals surface area contributed by atoms with E-state index in [4.69, 9.17) is 14.2 Å². The summed E-state index contributed by atoms with van der Waals surface area (Å²) >= 11 is 0. The van der Waals surface area contributed by atoms with Gasteiger partial charge in [-0.2, -0.15) is 4.98 Å². The molecule has 2 saturated heterocycles. The van der Waals surface area contributed by atoms with Gasteiger partial charge < -0.3 is 24.0 Å². The van der Waals surface area contributed by atoms with E-state index in [0.29, 0.717) is 24.4 Å². The van der Waals surface area contributed by atoms with E-state index in [1.807, 2.05) is 34.1 Å². The Morgan fingerprint density at radius 3 is 2.46 bits per heavy atom. The van der Waals surface area contributed by atoms with Crippen LogP contribution < -0.4 is 14.2 Å². The van der Waals surface area contributed by atoms with Gasteiger partial charge in [0.2, 0.25) is 17.7 Å². The van der Waals surface area contributed by atoms with E-state index in [-0.39, 0.29) is 23.2 Å². The van der Waals surface area contributed by atoms with Crippen LogP contribution in [0.25, 0.3) is 6.08 Å². The molecule has 9 nitrogen and oxygen atoms in total. The number of piperidine rings is 1. The van der Waals surface area contributed by atoms with Crippen LogP contribution in [-0.2, 0) is 16.0 Å². The van der Waals surface area contributed by atoms with E-state index in [9.17, 15) is 9.59 Å². The van der Waals surface area contributed by atoms with Gasteiger partial charge in [0.25, 0.3) is 0 Å². The Labute approximate surface area is 205 Å². The van der Waals surface area contributed by atoms with Crippen molar-refractivity contribution >= 4 is 17.9 Å². The number of hydrogen-bond acceptors (Lipinski definition) is 7. The summed E-state index contributed by atoms with van der Waals surface area (Å²) in [5.74, 6) is 1.20. The first-order chi connectivity index (χ1) is 16.9. The van der Waals surface area contributed by atoms with Crippen molar-refractivity contribution in [2.75, 3.05) is 47.5 Å². The lowest BCUT2D eigenvalue weighted by molar-refractivity contribution is -0.133. The van der Waals surface area contributed by atoms with Gasteiger partial charge in [0.05, 0.1) is 33.3 Å². The van der Waals surface area contributed by atoms with Crippen LogP contribution in [0.2, 0.25) is 0 Å². The van der Waals surface area contributed by atoms with Gasteiger partial charge in [0, 0.05) is 38.5 Å². The van der Waals surface area contributed by atoms with Gasteiger partial charge in [-0.1, -0.05) is 12.1 Å². The Morgan fingerprint density at radius 1 is 1.03 bits per heavy atom. The van der Waals surface area contributed by atoms with Crippen molar-refractivity contribution in [2.24, 2.45) is 5.41 Å². The van der Waals surface area contributed by atoms with Gasteiger partial charge in [0.1, 0.15) is 5.75 Å². The lowest BCUT2D eigenvalue weighted by Crippen LogP contribution is -2.45. The summed E-state index contributed by atoms with van der Waals surface area (Å²) in [4.78, 5) is 37.7. The third kappa shape index (κ3) is 5.72. The number of benzene rings is 1. The number of carbonyl (C=O) groups excluding carboxylic acids is 2. The second kappa shape index (κ2) is 10.8. The number of hydrogen-bond donors (Lipinski definition) is 0. The second-order valence-electron chi connectivity index (χ2n) is 9.07. The zero-order valence-electron chi connectivity index (χ0n) is 20.5. The predicted molar refractivity (Wildman–Crippen MR) is 130 cm³/mol. The first-order valence-electron chi connectivity index (χ1n) is 11.8. The van der Waals surface area contributed by atoms with Crippen molar-refractivity contribution in [3.8, 4) is 17.6 Å². The molecule has 1 aromatic heterocycles. The topological polar surface area (TPSA) is 94.1 Å². The molecule has 0 radical (unpaired) electrons. The second-order valence-corrected chi connectivity index (χ2v) is 9.07. The Balaban J connectivity index is 1.30. The Morgan fingerprint density at radius 2 is 1.77 bits per heavy atom. The molecule has 0 atom stereocenters. The average Bonchev–Trinajstić information content (AvgIpc) is 3.31. The number of carbonyl (C=O) groups is 2. The molecule has 35 heavy (non-hydrogen) atoms. The van der Waals surface area contributed by atoms with Gasteiger partial charge in [-0.15, -0.1) is 0 Å². The Kier molecular flexibility index (Phi) is 7.53. The fraction of sp³-hybridized carbons (Fsp3) is 0.462. The van der Waals surface area contributed by atoms with Crippen molar-refractivity contribution in [2.45, 2.75) is 25.7 Å². The highest BCUT2D eigenvalue weighted by Crippen LogP contribution is 2.40. The van der Waals surface area contributed by atoms with Crippen LogP contribution in [0.5, 0.6) is 17.6 Å². The first kappa shape index (κ1) is 24.5. The number of nitrogens with zero attached hydrogens (tertiary/aromatic N) is 4. The van der Waals surface area contributed by atoms with Gasteiger partial charge in [0.15, 0.2) is 0 Å². The first-order valence-corrected chi connectivity index (χ1v) is 11.8. The third-order valence-corrected chi connectivity index (χ3v) is 6.96. The van der Waals surface area contributed by atoms with E-state index in [1.165, 1.54) is 14.2 Å². The molecule has 186 valence electrons. The SMILES string of the molecule is COc1cccc(CC(=O)N2CCC3(CCN(C(=O)/C=C/c4cnc(OC)nc4OC)C3)CC2)c1. The van der Waals surface area contributed by atoms with Gasteiger partial charge >= 0.3 is 6.01 Å². The molecule has 2 aromatic rings. The number of aromatic nitrogens is 2. The number of likely N-dealkylation sites (tertiary alicyclic amines) is 2. The summed E-state index contributed by atoms with van der Waals surface area (Å²) in [6.45, 7) is 2.88. The summed E-state index contributed by atoms with van der Waals surface area (Å²) in [5.41, 5.74) is 1.65. The van der Waals surface area contributed by atoms with E-state index in [0.717, 1.165) is 50.2 Å². The third-order valence-electron chi connectivity index (χ3n) is 6.96. The molecule has 2 amide bonds. The number of rotatable bonds is 7. The molecule has 0 aliphatic carbocycles.